The zero-order valence-corrected chi connectivity index (χ0v) is 11.6. The van der Waals surface area contributed by atoms with Gasteiger partial charge in [0.15, 0.2) is 0 Å². The third-order valence-corrected chi connectivity index (χ3v) is 4.77. The Labute approximate surface area is 111 Å². The Bertz CT molecular complexity index is 266. The smallest absolute Gasteiger partial charge is 0.225 e. The number of amides is 1. The highest BCUT2D eigenvalue weighted by Crippen LogP contribution is 2.31. The van der Waals surface area contributed by atoms with Crippen LogP contribution in [0.15, 0.2) is 0 Å². The highest BCUT2D eigenvalue weighted by molar-refractivity contribution is 5.78. The van der Waals surface area contributed by atoms with E-state index in [0.717, 1.165) is 38.3 Å². The monoisotopic (exact) mass is 253 g/mol. The molecule has 1 saturated heterocycles. The number of hydrogen-bond donors (Lipinski definition) is 1. The summed E-state index contributed by atoms with van der Waals surface area (Å²) in [5, 5.41) is 9.11. The molecule has 1 aliphatic heterocycles. The summed E-state index contributed by atoms with van der Waals surface area (Å²) in [5.74, 6) is 1.75. The van der Waals surface area contributed by atoms with Crippen molar-refractivity contribution in [2.45, 2.75) is 51.9 Å². The van der Waals surface area contributed by atoms with E-state index in [1.807, 2.05) is 4.90 Å². The van der Waals surface area contributed by atoms with Gasteiger partial charge in [-0.25, -0.2) is 0 Å². The highest BCUT2D eigenvalue weighted by Gasteiger charge is 2.28. The lowest BCUT2D eigenvalue weighted by atomic mass is 9.92. The quantitative estimate of drug-likeness (QED) is 0.836. The number of nitrogens with zero attached hydrogens (tertiary/aromatic N) is 1. The van der Waals surface area contributed by atoms with Crippen LogP contribution in [0.25, 0.3) is 0 Å². The molecule has 18 heavy (non-hydrogen) atoms. The maximum atomic E-state index is 12.3. The van der Waals surface area contributed by atoms with Crippen LogP contribution in [0.4, 0.5) is 0 Å². The van der Waals surface area contributed by atoms with Gasteiger partial charge in [0.05, 0.1) is 0 Å². The van der Waals surface area contributed by atoms with Crippen LogP contribution in [0.5, 0.6) is 0 Å². The lowest BCUT2D eigenvalue weighted by Gasteiger charge is -2.33. The van der Waals surface area contributed by atoms with Crippen molar-refractivity contribution in [1.82, 2.24) is 4.90 Å². The molecule has 1 atom stereocenters. The fourth-order valence-corrected chi connectivity index (χ4v) is 3.49. The van der Waals surface area contributed by atoms with Crippen LogP contribution in [0.2, 0.25) is 0 Å². The third-order valence-electron chi connectivity index (χ3n) is 4.77. The van der Waals surface area contributed by atoms with Gasteiger partial charge in [0.1, 0.15) is 0 Å². The first kappa shape index (κ1) is 13.9. The largest absolute Gasteiger partial charge is 0.396 e. The maximum Gasteiger partial charge on any atom is 0.225 e. The van der Waals surface area contributed by atoms with E-state index in [4.69, 9.17) is 5.11 Å². The summed E-state index contributed by atoms with van der Waals surface area (Å²) in [5.41, 5.74) is 0. The van der Waals surface area contributed by atoms with Gasteiger partial charge in [-0.2, -0.15) is 0 Å². The van der Waals surface area contributed by atoms with Gasteiger partial charge in [-0.05, 0) is 31.1 Å². The predicted octanol–water partition coefficient (Wildman–Crippen LogP) is 2.43. The summed E-state index contributed by atoms with van der Waals surface area (Å²) in [4.78, 5) is 14.4. The van der Waals surface area contributed by atoms with Gasteiger partial charge >= 0.3 is 0 Å². The Morgan fingerprint density at radius 2 is 1.78 bits per heavy atom. The third kappa shape index (κ3) is 3.47. The van der Waals surface area contributed by atoms with Gasteiger partial charge in [0.25, 0.3) is 0 Å². The van der Waals surface area contributed by atoms with Gasteiger partial charge in [0.2, 0.25) is 5.91 Å². The molecule has 1 N–H and O–H groups in total. The van der Waals surface area contributed by atoms with Gasteiger partial charge < -0.3 is 10.0 Å². The number of carbonyl (C=O) groups is 1. The molecular weight excluding hydrogens is 226 g/mol. The number of piperidine rings is 1. The summed E-state index contributed by atoms with van der Waals surface area (Å²) < 4.78 is 0. The first-order valence-electron chi connectivity index (χ1n) is 7.60. The molecule has 1 unspecified atom stereocenters. The molecule has 0 spiro atoms. The molecule has 104 valence electrons. The Morgan fingerprint density at radius 1 is 1.17 bits per heavy atom. The van der Waals surface area contributed by atoms with Gasteiger partial charge in [-0.3, -0.25) is 4.79 Å². The van der Waals surface area contributed by atoms with Crippen LogP contribution in [0.1, 0.15) is 51.9 Å². The number of carbonyl (C=O) groups excluding carboxylic acids is 1. The van der Waals surface area contributed by atoms with Crippen molar-refractivity contribution in [3.05, 3.63) is 0 Å². The molecular formula is C15H27NO2. The van der Waals surface area contributed by atoms with Crippen LogP contribution in [-0.2, 0) is 4.79 Å². The van der Waals surface area contributed by atoms with Gasteiger partial charge in [-0.15, -0.1) is 0 Å². The Morgan fingerprint density at radius 3 is 2.33 bits per heavy atom. The number of aliphatic hydroxyl groups is 1. The van der Waals surface area contributed by atoms with Crippen molar-refractivity contribution < 1.29 is 9.90 Å². The van der Waals surface area contributed by atoms with Crippen LogP contribution >= 0.6 is 0 Å². The van der Waals surface area contributed by atoms with Crippen LogP contribution in [0, 0.1) is 17.8 Å². The topological polar surface area (TPSA) is 40.5 Å². The van der Waals surface area contributed by atoms with E-state index in [2.05, 4.69) is 6.92 Å². The van der Waals surface area contributed by atoms with E-state index in [1.165, 1.54) is 25.7 Å². The predicted molar refractivity (Wildman–Crippen MR) is 72.1 cm³/mol. The summed E-state index contributed by atoms with van der Waals surface area (Å²) in [7, 11) is 0. The van der Waals surface area contributed by atoms with Crippen molar-refractivity contribution >= 4 is 5.91 Å². The van der Waals surface area contributed by atoms with E-state index in [1.54, 1.807) is 0 Å². The van der Waals surface area contributed by atoms with Crippen LogP contribution < -0.4 is 0 Å². The van der Waals surface area contributed by atoms with Crippen molar-refractivity contribution in [1.29, 1.82) is 0 Å². The first-order valence-corrected chi connectivity index (χ1v) is 7.60. The van der Waals surface area contributed by atoms with E-state index in [9.17, 15) is 4.79 Å². The summed E-state index contributed by atoms with van der Waals surface area (Å²) >= 11 is 0. The standard InChI is InChI=1S/C15H27NO2/c1-12(10-13-4-2-3-5-13)15(18)16-8-6-14(11-17)7-9-16/h12-14,17H,2-11H2,1H3. The second kappa shape index (κ2) is 6.55. The Hall–Kier alpha value is -0.570. The number of aliphatic hydroxyl groups excluding tert-OH is 1. The lowest BCUT2D eigenvalue weighted by Crippen LogP contribution is -2.42. The van der Waals surface area contributed by atoms with E-state index < -0.39 is 0 Å². The van der Waals surface area contributed by atoms with Gasteiger partial charge in [0, 0.05) is 25.6 Å². The van der Waals surface area contributed by atoms with E-state index in [0.29, 0.717) is 11.8 Å². The molecule has 0 radical (unpaired) electrons. The SMILES string of the molecule is CC(CC1CCCC1)C(=O)N1CCC(CO)CC1. The number of likely N-dealkylation sites (tertiary alicyclic amines) is 1. The van der Waals surface area contributed by atoms with Crippen LogP contribution in [-0.4, -0.2) is 35.6 Å². The van der Waals surface area contributed by atoms with Crippen LogP contribution in [0.3, 0.4) is 0 Å². The van der Waals surface area contributed by atoms with Crippen molar-refractivity contribution in [3.63, 3.8) is 0 Å². The molecule has 1 aliphatic carbocycles. The normalized spacial score (nSPS) is 24.4. The Kier molecular flexibility index (Phi) is 5.04. The minimum absolute atomic E-state index is 0.193. The Balaban J connectivity index is 1.76. The van der Waals surface area contributed by atoms with Gasteiger partial charge in [-0.1, -0.05) is 32.6 Å². The minimum atomic E-state index is 0.193. The molecule has 3 heteroatoms. The minimum Gasteiger partial charge on any atom is -0.396 e. The second-order valence-corrected chi connectivity index (χ2v) is 6.24. The zero-order valence-electron chi connectivity index (χ0n) is 11.6. The number of hydrogen-bond acceptors (Lipinski definition) is 2. The molecule has 0 aromatic rings. The molecule has 1 heterocycles. The molecule has 0 aromatic carbocycles. The number of rotatable bonds is 4. The fourth-order valence-electron chi connectivity index (χ4n) is 3.49. The molecule has 1 saturated carbocycles. The zero-order chi connectivity index (χ0) is 13.0. The first-order chi connectivity index (χ1) is 8.70. The molecule has 2 rings (SSSR count). The second-order valence-electron chi connectivity index (χ2n) is 6.24. The summed E-state index contributed by atoms with van der Waals surface area (Å²) in [6.07, 6.45) is 8.38. The van der Waals surface area contributed by atoms with E-state index in [-0.39, 0.29) is 12.5 Å². The lowest BCUT2D eigenvalue weighted by molar-refractivity contribution is -0.137. The molecule has 1 amide bonds. The molecule has 0 aromatic heterocycles. The molecule has 0 bridgehead atoms. The summed E-state index contributed by atoms with van der Waals surface area (Å²) in [6, 6.07) is 0. The average Bonchev–Trinajstić information content (AvgIpc) is 2.91. The maximum absolute atomic E-state index is 12.3. The van der Waals surface area contributed by atoms with Crippen molar-refractivity contribution in [2.75, 3.05) is 19.7 Å². The summed E-state index contributed by atoms with van der Waals surface area (Å²) in [6.45, 7) is 4.07. The highest BCUT2D eigenvalue weighted by atomic mass is 16.3. The average molecular weight is 253 g/mol. The fraction of sp³-hybridized carbons (Fsp3) is 0.933. The molecule has 3 nitrogen and oxygen atoms in total. The molecule has 2 fully saturated rings. The van der Waals surface area contributed by atoms with E-state index >= 15 is 0 Å². The van der Waals surface area contributed by atoms with Crippen molar-refractivity contribution in [3.8, 4) is 0 Å². The van der Waals surface area contributed by atoms with Crippen molar-refractivity contribution in [2.24, 2.45) is 17.8 Å². The molecule has 2 aliphatic rings.